The minimum Gasteiger partial charge on any atom is -0.506 e. The van der Waals surface area contributed by atoms with Crippen LogP contribution < -0.4 is 0 Å². The lowest BCUT2D eigenvalue weighted by Crippen LogP contribution is -2.15. The maximum atomic E-state index is 13.8. The van der Waals surface area contributed by atoms with Crippen molar-refractivity contribution in [2.75, 3.05) is 0 Å². The van der Waals surface area contributed by atoms with Crippen LogP contribution in [-0.4, -0.2) is 10.1 Å². The predicted octanol–water partition coefficient (Wildman–Crippen LogP) is 5.06. The van der Waals surface area contributed by atoms with Gasteiger partial charge in [-0.3, -0.25) is 0 Å². The van der Waals surface area contributed by atoms with Gasteiger partial charge in [0.15, 0.2) is 0 Å². The topological polar surface area (TPSA) is 56.9 Å². The maximum Gasteiger partial charge on any atom is 0.149 e. The van der Waals surface area contributed by atoms with Gasteiger partial charge in [0, 0.05) is 10.8 Å². The molecule has 2 rings (SSSR count). The zero-order valence-electron chi connectivity index (χ0n) is 13.0. The Balaban J connectivity index is 2.58. The summed E-state index contributed by atoms with van der Waals surface area (Å²) >= 11 is 1.16. The zero-order chi connectivity index (χ0) is 17.2. The normalized spacial score (nSPS) is 12.7. The fourth-order valence-corrected chi connectivity index (χ4v) is 2.94. The Labute approximate surface area is 137 Å². The Hall–Kier alpha value is -2.26. The third kappa shape index (κ3) is 3.25. The summed E-state index contributed by atoms with van der Waals surface area (Å²) < 4.78 is 27.6. The molecule has 0 bridgehead atoms. The Morgan fingerprint density at radius 1 is 1.35 bits per heavy atom. The van der Waals surface area contributed by atoms with Crippen molar-refractivity contribution in [3.63, 3.8) is 0 Å². The van der Waals surface area contributed by atoms with Gasteiger partial charge in [-0.05, 0) is 18.6 Å². The summed E-state index contributed by atoms with van der Waals surface area (Å²) in [6.45, 7) is 6.04. The summed E-state index contributed by atoms with van der Waals surface area (Å²) in [6, 6.07) is 5.04. The third-order valence-corrected chi connectivity index (χ3v) is 4.70. The molecule has 0 aliphatic rings. The molecule has 2 aromatic rings. The highest BCUT2D eigenvalue weighted by Crippen LogP contribution is 2.33. The zero-order valence-corrected chi connectivity index (χ0v) is 13.8. The average molecular weight is 334 g/mol. The van der Waals surface area contributed by atoms with E-state index in [2.05, 4.69) is 4.98 Å². The van der Waals surface area contributed by atoms with Crippen molar-refractivity contribution in [1.29, 1.82) is 5.26 Å². The van der Waals surface area contributed by atoms with Crippen LogP contribution in [0.15, 0.2) is 23.6 Å². The van der Waals surface area contributed by atoms with Crippen LogP contribution in [0.2, 0.25) is 0 Å². The first-order valence-electron chi connectivity index (χ1n) is 7.06. The summed E-state index contributed by atoms with van der Waals surface area (Å²) in [4.78, 5) is 4.36. The highest BCUT2D eigenvalue weighted by atomic mass is 32.1. The lowest BCUT2D eigenvalue weighted by Gasteiger charge is -2.19. The SMILES string of the molecule is CCC(C)(C)c1csc(C(C#N)=C(O)c2c(F)cccc2F)n1. The smallest absolute Gasteiger partial charge is 0.149 e. The number of nitrogens with zero attached hydrogens (tertiary/aromatic N) is 2. The Bertz CT molecular complexity index is 783. The Morgan fingerprint density at radius 2 is 1.96 bits per heavy atom. The van der Waals surface area contributed by atoms with E-state index in [1.807, 2.05) is 20.8 Å². The largest absolute Gasteiger partial charge is 0.506 e. The predicted molar refractivity (Wildman–Crippen MR) is 86.8 cm³/mol. The molecular weight excluding hydrogens is 318 g/mol. The molecule has 0 aliphatic heterocycles. The van der Waals surface area contributed by atoms with Gasteiger partial charge in [-0.1, -0.05) is 26.8 Å². The standard InChI is InChI=1S/C17H16F2N2OS/c1-4-17(2,3)13-9-23-16(21-13)10(8-20)15(22)14-11(18)6-5-7-12(14)19/h5-7,9,22H,4H2,1-3H3. The minimum absolute atomic E-state index is 0.186. The molecule has 23 heavy (non-hydrogen) atoms. The van der Waals surface area contributed by atoms with E-state index in [4.69, 9.17) is 0 Å². The number of hydrogen-bond acceptors (Lipinski definition) is 4. The summed E-state index contributed by atoms with van der Waals surface area (Å²) in [5.41, 5.74) is -0.268. The van der Waals surface area contributed by atoms with Crippen LogP contribution in [0.3, 0.4) is 0 Å². The first-order chi connectivity index (χ1) is 10.8. The molecule has 0 fully saturated rings. The molecule has 0 atom stereocenters. The van der Waals surface area contributed by atoms with Crippen LogP contribution in [0.5, 0.6) is 0 Å². The highest BCUT2D eigenvalue weighted by Gasteiger charge is 2.25. The van der Waals surface area contributed by atoms with Gasteiger partial charge in [0.1, 0.15) is 34.0 Å². The van der Waals surface area contributed by atoms with Gasteiger partial charge in [0.25, 0.3) is 0 Å². The number of aliphatic hydroxyl groups is 1. The number of thiazole rings is 1. The molecule has 0 amide bonds. The number of benzene rings is 1. The lowest BCUT2D eigenvalue weighted by molar-refractivity contribution is 0.488. The van der Waals surface area contributed by atoms with Crippen LogP contribution >= 0.6 is 11.3 Å². The van der Waals surface area contributed by atoms with Gasteiger partial charge in [0.2, 0.25) is 0 Å². The molecular formula is C17H16F2N2OS. The van der Waals surface area contributed by atoms with E-state index in [1.54, 1.807) is 11.4 Å². The molecule has 1 heterocycles. The molecule has 120 valence electrons. The average Bonchev–Trinajstić information content (AvgIpc) is 2.98. The number of aromatic nitrogens is 1. The van der Waals surface area contributed by atoms with Crippen LogP contribution in [0.1, 0.15) is 43.5 Å². The van der Waals surface area contributed by atoms with Gasteiger partial charge in [0.05, 0.1) is 11.3 Å². The van der Waals surface area contributed by atoms with E-state index >= 15 is 0 Å². The first kappa shape index (κ1) is 17.1. The second-order valence-electron chi connectivity index (χ2n) is 5.71. The van der Waals surface area contributed by atoms with E-state index in [1.165, 1.54) is 6.07 Å². The molecule has 1 aromatic heterocycles. The summed E-state index contributed by atoms with van der Waals surface area (Å²) in [5.74, 6) is -2.60. The second-order valence-corrected chi connectivity index (χ2v) is 6.57. The van der Waals surface area contributed by atoms with E-state index in [0.717, 1.165) is 35.6 Å². The number of allylic oxidation sites excluding steroid dienone is 1. The second kappa shape index (κ2) is 6.47. The van der Waals surface area contributed by atoms with Crippen molar-refractivity contribution in [3.8, 4) is 6.07 Å². The van der Waals surface area contributed by atoms with Crippen LogP contribution in [0.25, 0.3) is 11.3 Å². The van der Waals surface area contributed by atoms with Gasteiger partial charge in [-0.15, -0.1) is 11.3 Å². The number of hydrogen-bond donors (Lipinski definition) is 1. The molecule has 1 N–H and O–H groups in total. The van der Waals surface area contributed by atoms with Gasteiger partial charge < -0.3 is 5.11 Å². The molecule has 0 spiro atoms. The molecule has 0 aliphatic carbocycles. The van der Waals surface area contributed by atoms with E-state index in [0.29, 0.717) is 0 Å². The van der Waals surface area contributed by atoms with Crippen molar-refractivity contribution in [2.24, 2.45) is 0 Å². The van der Waals surface area contributed by atoms with E-state index in [9.17, 15) is 19.1 Å². The molecule has 3 nitrogen and oxygen atoms in total. The molecule has 1 aromatic carbocycles. The van der Waals surface area contributed by atoms with Crippen LogP contribution in [0.4, 0.5) is 8.78 Å². The van der Waals surface area contributed by atoms with Crippen molar-refractivity contribution in [3.05, 3.63) is 51.5 Å². The van der Waals surface area contributed by atoms with Gasteiger partial charge >= 0.3 is 0 Å². The molecule has 0 saturated heterocycles. The van der Waals surface area contributed by atoms with Crippen molar-refractivity contribution in [1.82, 2.24) is 4.98 Å². The quantitative estimate of drug-likeness (QED) is 0.628. The van der Waals surface area contributed by atoms with Crippen molar-refractivity contribution in [2.45, 2.75) is 32.6 Å². The fourth-order valence-electron chi connectivity index (χ4n) is 1.93. The number of rotatable bonds is 4. The van der Waals surface area contributed by atoms with E-state index in [-0.39, 0.29) is 16.0 Å². The maximum absolute atomic E-state index is 13.8. The third-order valence-electron chi connectivity index (χ3n) is 3.84. The Morgan fingerprint density at radius 3 is 2.48 bits per heavy atom. The fraction of sp³-hybridized carbons (Fsp3) is 0.294. The lowest BCUT2D eigenvalue weighted by atomic mass is 9.87. The monoisotopic (exact) mass is 334 g/mol. The van der Waals surface area contributed by atoms with Crippen molar-refractivity contribution < 1.29 is 13.9 Å². The van der Waals surface area contributed by atoms with Gasteiger partial charge in [-0.2, -0.15) is 5.26 Å². The highest BCUT2D eigenvalue weighted by molar-refractivity contribution is 7.11. The van der Waals surface area contributed by atoms with Crippen LogP contribution in [-0.2, 0) is 5.41 Å². The molecule has 0 saturated carbocycles. The number of nitriles is 1. The number of aliphatic hydroxyl groups excluding tert-OH is 1. The van der Waals surface area contributed by atoms with Crippen LogP contribution in [0, 0.1) is 23.0 Å². The van der Waals surface area contributed by atoms with Crippen molar-refractivity contribution >= 4 is 22.7 Å². The first-order valence-corrected chi connectivity index (χ1v) is 7.94. The molecule has 6 heteroatoms. The molecule has 0 radical (unpaired) electrons. The summed E-state index contributed by atoms with van der Waals surface area (Å²) in [5, 5.41) is 21.6. The van der Waals surface area contributed by atoms with Gasteiger partial charge in [-0.25, -0.2) is 13.8 Å². The Kier molecular flexibility index (Phi) is 4.81. The number of halogens is 2. The molecule has 0 unspecified atom stereocenters. The van der Waals surface area contributed by atoms with E-state index < -0.39 is 23.0 Å². The summed E-state index contributed by atoms with van der Waals surface area (Å²) in [7, 11) is 0. The minimum atomic E-state index is -0.930. The summed E-state index contributed by atoms with van der Waals surface area (Å²) in [6.07, 6.45) is 0.843.